The Balaban J connectivity index is 1.90. The molecule has 20 heavy (non-hydrogen) atoms. The highest BCUT2D eigenvalue weighted by atomic mass is 16.6. The monoisotopic (exact) mass is 276 g/mol. The van der Waals surface area contributed by atoms with Crippen molar-refractivity contribution in [1.29, 1.82) is 0 Å². The fourth-order valence-electron chi connectivity index (χ4n) is 2.91. The zero-order valence-corrected chi connectivity index (χ0v) is 12.8. The van der Waals surface area contributed by atoms with Crippen LogP contribution < -0.4 is 5.32 Å². The van der Waals surface area contributed by atoms with Gasteiger partial charge in [0.1, 0.15) is 5.60 Å². The van der Waals surface area contributed by atoms with E-state index in [2.05, 4.69) is 19.2 Å². The Morgan fingerprint density at radius 3 is 2.45 bits per heavy atom. The van der Waals surface area contributed by atoms with Gasteiger partial charge < -0.3 is 10.1 Å². The van der Waals surface area contributed by atoms with E-state index < -0.39 is 0 Å². The van der Waals surface area contributed by atoms with Gasteiger partial charge in [0.2, 0.25) is 0 Å². The second-order valence-corrected chi connectivity index (χ2v) is 6.38. The molecular formula is C17H26NO2+. The molecule has 110 valence electrons. The van der Waals surface area contributed by atoms with Gasteiger partial charge in [0.25, 0.3) is 0 Å². The van der Waals surface area contributed by atoms with Crippen LogP contribution >= 0.6 is 0 Å². The average molecular weight is 276 g/mol. The second-order valence-electron chi connectivity index (χ2n) is 6.38. The van der Waals surface area contributed by atoms with Crippen molar-refractivity contribution < 1.29 is 14.8 Å². The summed E-state index contributed by atoms with van der Waals surface area (Å²) in [6, 6.07) is 8.06. The summed E-state index contributed by atoms with van der Waals surface area (Å²) >= 11 is 0. The highest BCUT2D eigenvalue weighted by Crippen LogP contribution is 2.28. The van der Waals surface area contributed by atoms with Crippen LogP contribution in [0.4, 0.5) is 0 Å². The van der Waals surface area contributed by atoms with Crippen molar-refractivity contribution in [3.05, 3.63) is 35.4 Å². The molecule has 1 fully saturated rings. The summed E-state index contributed by atoms with van der Waals surface area (Å²) in [4.78, 5) is 12.1. The SMILES string of the molecule is Cc1ccc(CC(=O)OC(C)(C)C2CC[NH2+]CC2)cc1. The Hall–Kier alpha value is -1.35. The van der Waals surface area contributed by atoms with Gasteiger partial charge in [-0.15, -0.1) is 0 Å². The minimum Gasteiger partial charge on any atom is -0.459 e. The third-order valence-corrected chi connectivity index (χ3v) is 4.27. The predicted octanol–water partition coefficient (Wildman–Crippen LogP) is 1.83. The lowest BCUT2D eigenvalue weighted by molar-refractivity contribution is -0.665. The normalized spacial score (nSPS) is 16.9. The number of esters is 1. The van der Waals surface area contributed by atoms with Crippen molar-refractivity contribution in [2.45, 2.75) is 45.6 Å². The van der Waals surface area contributed by atoms with Crippen LogP contribution in [0.1, 0.15) is 37.8 Å². The Bertz CT molecular complexity index is 445. The molecule has 0 atom stereocenters. The van der Waals surface area contributed by atoms with Gasteiger partial charge in [0.15, 0.2) is 0 Å². The van der Waals surface area contributed by atoms with Crippen LogP contribution in [0.2, 0.25) is 0 Å². The van der Waals surface area contributed by atoms with Crippen LogP contribution in [0.3, 0.4) is 0 Å². The van der Waals surface area contributed by atoms with Gasteiger partial charge in [0.05, 0.1) is 19.5 Å². The lowest BCUT2D eigenvalue weighted by Crippen LogP contribution is -2.86. The number of aryl methyl sites for hydroxylation is 1. The predicted molar refractivity (Wildman–Crippen MR) is 79.4 cm³/mol. The summed E-state index contributed by atoms with van der Waals surface area (Å²) in [6.07, 6.45) is 2.62. The van der Waals surface area contributed by atoms with E-state index in [0.29, 0.717) is 12.3 Å². The summed E-state index contributed by atoms with van der Waals surface area (Å²) in [7, 11) is 0. The fourth-order valence-corrected chi connectivity index (χ4v) is 2.91. The molecular weight excluding hydrogens is 250 g/mol. The van der Waals surface area contributed by atoms with Crippen molar-refractivity contribution >= 4 is 5.97 Å². The highest BCUT2D eigenvalue weighted by molar-refractivity contribution is 5.73. The molecule has 1 aliphatic rings. The molecule has 3 nitrogen and oxygen atoms in total. The van der Waals surface area contributed by atoms with Crippen LogP contribution in [0.25, 0.3) is 0 Å². The van der Waals surface area contributed by atoms with Crippen LogP contribution in [-0.4, -0.2) is 24.7 Å². The largest absolute Gasteiger partial charge is 0.459 e. The van der Waals surface area contributed by atoms with E-state index >= 15 is 0 Å². The quantitative estimate of drug-likeness (QED) is 0.853. The summed E-state index contributed by atoms with van der Waals surface area (Å²) in [6.45, 7) is 8.44. The molecule has 2 N–H and O–H groups in total. The lowest BCUT2D eigenvalue weighted by atomic mass is 9.83. The van der Waals surface area contributed by atoms with E-state index in [1.54, 1.807) is 0 Å². The first-order chi connectivity index (χ1) is 9.47. The van der Waals surface area contributed by atoms with E-state index in [-0.39, 0.29) is 11.6 Å². The summed E-state index contributed by atoms with van der Waals surface area (Å²) < 4.78 is 5.76. The van der Waals surface area contributed by atoms with Crippen LogP contribution in [0.15, 0.2) is 24.3 Å². The number of ether oxygens (including phenoxy) is 1. The number of benzene rings is 1. The van der Waals surface area contributed by atoms with Crippen molar-refractivity contribution in [1.82, 2.24) is 0 Å². The number of quaternary nitrogens is 1. The minimum absolute atomic E-state index is 0.117. The standard InChI is InChI=1S/C17H25NO2/c1-13-4-6-14(7-5-13)12-16(19)20-17(2,3)15-8-10-18-11-9-15/h4-7,15,18H,8-12H2,1-3H3/p+1. The maximum Gasteiger partial charge on any atom is 0.310 e. The van der Waals surface area contributed by atoms with E-state index in [4.69, 9.17) is 4.74 Å². The molecule has 3 heteroatoms. The van der Waals surface area contributed by atoms with Crippen molar-refractivity contribution in [2.75, 3.05) is 13.1 Å². The zero-order chi connectivity index (χ0) is 14.6. The molecule has 1 saturated heterocycles. The van der Waals surface area contributed by atoms with Gasteiger partial charge in [0, 0.05) is 18.8 Å². The lowest BCUT2D eigenvalue weighted by Gasteiger charge is -2.35. The number of piperidine rings is 1. The fraction of sp³-hybridized carbons (Fsp3) is 0.588. The Morgan fingerprint density at radius 2 is 1.85 bits per heavy atom. The number of rotatable bonds is 4. The van der Waals surface area contributed by atoms with Gasteiger partial charge >= 0.3 is 5.97 Å². The first-order valence-corrected chi connectivity index (χ1v) is 7.56. The van der Waals surface area contributed by atoms with Crippen molar-refractivity contribution in [2.24, 2.45) is 5.92 Å². The van der Waals surface area contributed by atoms with Gasteiger partial charge in [-0.1, -0.05) is 29.8 Å². The number of carbonyl (C=O) groups is 1. The Morgan fingerprint density at radius 1 is 1.25 bits per heavy atom. The van der Waals surface area contributed by atoms with Gasteiger partial charge in [-0.25, -0.2) is 0 Å². The minimum atomic E-state index is -0.351. The maximum atomic E-state index is 12.1. The van der Waals surface area contributed by atoms with Gasteiger partial charge in [-0.3, -0.25) is 4.79 Å². The van der Waals surface area contributed by atoms with Crippen LogP contribution in [0.5, 0.6) is 0 Å². The molecule has 0 spiro atoms. The van der Waals surface area contributed by atoms with Crippen molar-refractivity contribution in [3.63, 3.8) is 0 Å². The molecule has 1 heterocycles. The summed E-state index contributed by atoms with van der Waals surface area (Å²) in [5.41, 5.74) is 1.88. The average Bonchev–Trinajstić information content (AvgIpc) is 2.42. The molecule has 0 aliphatic carbocycles. The second kappa shape index (κ2) is 6.40. The maximum absolute atomic E-state index is 12.1. The third kappa shape index (κ3) is 4.07. The van der Waals surface area contributed by atoms with Gasteiger partial charge in [-0.05, 0) is 26.3 Å². The molecule has 2 rings (SSSR count). The molecule has 0 saturated carbocycles. The smallest absolute Gasteiger partial charge is 0.310 e. The number of hydrogen-bond acceptors (Lipinski definition) is 2. The molecule has 0 radical (unpaired) electrons. The Labute approximate surface area is 121 Å². The van der Waals surface area contributed by atoms with Gasteiger partial charge in [-0.2, -0.15) is 0 Å². The molecule has 1 aliphatic heterocycles. The van der Waals surface area contributed by atoms with Crippen molar-refractivity contribution in [3.8, 4) is 0 Å². The first kappa shape index (κ1) is 15.0. The number of hydrogen-bond donors (Lipinski definition) is 1. The molecule has 0 aromatic heterocycles. The molecule has 0 unspecified atom stereocenters. The van der Waals surface area contributed by atoms with E-state index in [1.807, 2.05) is 31.2 Å². The summed E-state index contributed by atoms with van der Waals surface area (Å²) in [5, 5.41) is 2.33. The Kier molecular flexibility index (Phi) is 4.81. The zero-order valence-electron chi connectivity index (χ0n) is 12.8. The van der Waals surface area contributed by atoms with Crippen LogP contribution in [-0.2, 0) is 16.0 Å². The van der Waals surface area contributed by atoms with E-state index in [9.17, 15) is 4.79 Å². The van der Waals surface area contributed by atoms with E-state index in [0.717, 1.165) is 31.5 Å². The third-order valence-electron chi connectivity index (χ3n) is 4.27. The van der Waals surface area contributed by atoms with E-state index in [1.165, 1.54) is 5.56 Å². The molecule has 1 aromatic carbocycles. The molecule has 0 bridgehead atoms. The number of nitrogens with two attached hydrogens (primary N) is 1. The van der Waals surface area contributed by atoms with Crippen LogP contribution in [0, 0.1) is 12.8 Å². The topological polar surface area (TPSA) is 42.9 Å². The first-order valence-electron chi connectivity index (χ1n) is 7.56. The summed E-state index contributed by atoms with van der Waals surface area (Å²) in [5.74, 6) is 0.364. The number of carbonyl (C=O) groups excluding carboxylic acids is 1. The highest BCUT2D eigenvalue weighted by Gasteiger charge is 2.35. The molecule has 0 amide bonds. The molecule has 1 aromatic rings.